The van der Waals surface area contributed by atoms with Crippen LogP contribution in [0.4, 0.5) is 4.39 Å². The van der Waals surface area contributed by atoms with Crippen LogP contribution in [0.25, 0.3) is 0 Å². The van der Waals surface area contributed by atoms with E-state index in [0.29, 0.717) is 11.3 Å². The summed E-state index contributed by atoms with van der Waals surface area (Å²) in [4.78, 5) is 11.6. The van der Waals surface area contributed by atoms with E-state index in [4.69, 9.17) is 27.5 Å². The molecule has 112 valence electrons. The van der Waals surface area contributed by atoms with Crippen molar-refractivity contribution in [2.24, 2.45) is 0 Å². The summed E-state index contributed by atoms with van der Waals surface area (Å²) in [6, 6.07) is 10.7. The third kappa shape index (κ3) is 4.00. The lowest BCUT2D eigenvalue weighted by atomic mass is 10.2. The fourth-order valence-corrected chi connectivity index (χ4v) is 1.94. The first-order valence-corrected chi connectivity index (χ1v) is 6.76. The second-order valence-electron chi connectivity index (χ2n) is 4.31. The molecule has 0 aromatic heterocycles. The second-order valence-corrected chi connectivity index (χ2v) is 4.71. The summed E-state index contributed by atoms with van der Waals surface area (Å²) in [5.41, 5.74) is 0.676. The van der Waals surface area contributed by atoms with Gasteiger partial charge in [-0.1, -0.05) is 35.7 Å². The number of hydrogen-bond acceptors (Lipinski definition) is 3. The first-order valence-electron chi connectivity index (χ1n) is 6.38. The Balaban J connectivity index is 2.06. The Kier molecular flexibility index (Phi) is 5.40. The Bertz CT molecular complexity index is 722. The Morgan fingerprint density at radius 1 is 1.27 bits per heavy atom. The third-order valence-corrected chi connectivity index (χ3v) is 3.09. The second kappa shape index (κ2) is 7.48. The number of hydrogen-bond donors (Lipinski definition) is 0. The zero-order valence-corrected chi connectivity index (χ0v) is 12.3. The summed E-state index contributed by atoms with van der Waals surface area (Å²) in [7, 11) is 0. The van der Waals surface area contributed by atoms with E-state index >= 15 is 0 Å². The fourth-order valence-electron chi connectivity index (χ4n) is 1.71. The van der Waals surface area contributed by atoms with Crippen molar-refractivity contribution in [1.82, 2.24) is 0 Å². The summed E-state index contributed by atoms with van der Waals surface area (Å²) < 4.78 is 23.7. The molecule has 3 nitrogen and oxygen atoms in total. The molecule has 0 saturated heterocycles. The predicted molar refractivity (Wildman–Crippen MR) is 81.3 cm³/mol. The van der Waals surface area contributed by atoms with Crippen LogP contribution in [-0.4, -0.2) is 12.6 Å². The van der Waals surface area contributed by atoms with Gasteiger partial charge in [0.2, 0.25) is 0 Å². The number of terminal acetylenes is 1. The smallest absolute Gasteiger partial charge is 0.339 e. The van der Waals surface area contributed by atoms with Crippen LogP contribution >= 0.6 is 11.6 Å². The predicted octanol–water partition coefficient (Wildman–Crippen LogP) is 3.85. The van der Waals surface area contributed by atoms with Crippen molar-refractivity contribution in [3.8, 4) is 18.1 Å². The quantitative estimate of drug-likeness (QED) is 0.620. The Morgan fingerprint density at radius 3 is 2.73 bits per heavy atom. The van der Waals surface area contributed by atoms with E-state index in [9.17, 15) is 9.18 Å². The number of esters is 1. The Hall–Kier alpha value is -2.51. The van der Waals surface area contributed by atoms with E-state index in [1.54, 1.807) is 18.2 Å². The van der Waals surface area contributed by atoms with Crippen molar-refractivity contribution < 1.29 is 18.7 Å². The average Bonchev–Trinajstić information content (AvgIpc) is 2.52. The van der Waals surface area contributed by atoms with E-state index in [0.717, 1.165) is 0 Å². The highest BCUT2D eigenvalue weighted by molar-refractivity contribution is 6.32. The first kappa shape index (κ1) is 15.9. The summed E-state index contributed by atoms with van der Waals surface area (Å²) >= 11 is 6.05. The molecule has 0 heterocycles. The lowest BCUT2D eigenvalue weighted by Gasteiger charge is -2.10. The van der Waals surface area contributed by atoms with Crippen LogP contribution < -0.4 is 4.74 Å². The van der Waals surface area contributed by atoms with E-state index in [1.807, 2.05) is 0 Å². The SMILES string of the molecule is C#CCOC(=O)c1ccc(OCc2ccccc2F)c(Cl)c1. The highest BCUT2D eigenvalue weighted by Crippen LogP contribution is 2.27. The number of halogens is 2. The van der Waals surface area contributed by atoms with Crippen molar-refractivity contribution in [2.75, 3.05) is 6.61 Å². The van der Waals surface area contributed by atoms with E-state index in [-0.39, 0.29) is 29.6 Å². The van der Waals surface area contributed by atoms with Gasteiger partial charge in [-0.2, -0.15) is 0 Å². The molecular formula is C17H12ClFO3. The van der Waals surface area contributed by atoms with Crippen molar-refractivity contribution >= 4 is 17.6 Å². The largest absolute Gasteiger partial charge is 0.487 e. The zero-order valence-electron chi connectivity index (χ0n) is 11.5. The van der Waals surface area contributed by atoms with Crippen molar-refractivity contribution in [3.63, 3.8) is 0 Å². The van der Waals surface area contributed by atoms with Crippen molar-refractivity contribution in [3.05, 3.63) is 64.4 Å². The number of carbonyl (C=O) groups is 1. The molecular weight excluding hydrogens is 307 g/mol. The van der Waals surface area contributed by atoms with Gasteiger partial charge in [-0.05, 0) is 24.3 Å². The van der Waals surface area contributed by atoms with Crippen molar-refractivity contribution in [2.45, 2.75) is 6.61 Å². The van der Waals surface area contributed by atoms with Gasteiger partial charge in [0.25, 0.3) is 0 Å². The fraction of sp³-hybridized carbons (Fsp3) is 0.118. The molecule has 0 radical (unpaired) electrons. The van der Waals surface area contributed by atoms with Crippen LogP contribution in [0.1, 0.15) is 15.9 Å². The minimum atomic E-state index is -0.569. The van der Waals surface area contributed by atoms with Gasteiger partial charge in [0.15, 0.2) is 6.61 Å². The summed E-state index contributed by atoms with van der Waals surface area (Å²) in [6.45, 7) is -0.0741. The summed E-state index contributed by atoms with van der Waals surface area (Å²) in [5.74, 6) is 1.63. The molecule has 22 heavy (non-hydrogen) atoms. The van der Waals surface area contributed by atoms with Gasteiger partial charge < -0.3 is 9.47 Å². The number of carbonyl (C=O) groups excluding carboxylic acids is 1. The average molecular weight is 319 g/mol. The Labute approximate surface area is 132 Å². The molecule has 0 aliphatic heterocycles. The lowest BCUT2D eigenvalue weighted by molar-refractivity contribution is 0.0556. The maximum atomic E-state index is 13.5. The number of rotatable bonds is 5. The van der Waals surface area contributed by atoms with Crippen LogP contribution in [0.5, 0.6) is 5.75 Å². The molecule has 0 N–H and O–H groups in total. The zero-order chi connectivity index (χ0) is 15.9. The maximum Gasteiger partial charge on any atom is 0.339 e. The van der Waals surface area contributed by atoms with E-state index < -0.39 is 5.97 Å². The van der Waals surface area contributed by atoms with Crippen LogP contribution in [0.15, 0.2) is 42.5 Å². The van der Waals surface area contributed by atoms with Crippen LogP contribution in [0, 0.1) is 18.2 Å². The van der Waals surface area contributed by atoms with Gasteiger partial charge in [0.1, 0.15) is 18.2 Å². The molecule has 2 aromatic carbocycles. The first-order chi connectivity index (χ1) is 10.6. The van der Waals surface area contributed by atoms with Gasteiger partial charge in [0.05, 0.1) is 10.6 Å². The molecule has 2 rings (SSSR count). The number of ether oxygens (including phenoxy) is 2. The highest BCUT2D eigenvalue weighted by Gasteiger charge is 2.11. The summed E-state index contributed by atoms with van der Waals surface area (Å²) in [6.07, 6.45) is 5.01. The standard InChI is InChI=1S/C17H12ClFO3/c1-2-9-21-17(20)12-7-8-16(14(18)10-12)22-11-13-5-3-4-6-15(13)19/h1,3-8,10H,9,11H2. The van der Waals surface area contributed by atoms with Gasteiger partial charge in [-0.3, -0.25) is 0 Å². The molecule has 0 aliphatic rings. The van der Waals surface area contributed by atoms with E-state index in [2.05, 4.69) is 5.92 Å². The van der Waals surface area contributed by atoms with Gasteiger partial charge in [0, 0.05) is 5.56 Å². The monoisotopic (exact) mass is 318 g/mol. The minimum absolute atomic E-state index is 0.0350. The minimum Gasteiger partial charge on any atom is -0.487 e. The molecule has 0 atom stereocenters. The Morgan fingerprint density at radius 2 is 2.05 bits per heavy atom. The maximum absolute atomic E-state index is 13.5. The molecule has 0 amide bonds. The highest BCUT2D eigenvalue weighted by atomic mass is 35.5. The molecule has 0 aliphatic carbocycles. The molecule has 0 spiro atoms. The molecule has 0 fully saturated rings. The third-order valence-electron chi connectivity index (χ3n) is 2.80. The normalized spacial score (nSPS) is 9.86. The lowest BCUT2D eigenvalue weighted by Crippen LogP contribution is -2.05. The van der Waals surface area contributed by atoms with Crippen molar-refractivity contribution in [1.29, 1.82) is 0 Å². The summed E-state index contributed by atoms with van der Waals surface area (Å²) in [5, 5.41) is 0.228. The van der Waals surface area contributed by atoms with Crippen LogP contribution in [-0.2, 0) is 11.3 Å². The molecule has 0 unspecified atom stereocenters. The molecule has 5 heteroatoms. The van der Waals surface area contributed by atoms with Gasteiger partial charge in [-0.25, -0.2) is 9.18 Å². The van der Waals surface area contributed by atoms with Crippen LogP contribution in [0.2, 0.25) is 5.02 Å². The van der Waals surface area contributed by atoms with Crippen LogP contribution in [0.3, 0.4) is 0 Å². The topological polar surface area (TPSA) is 35.5 Å². The van der Waals surface area contributed by atoms with E-state index in [1.165, 1.54) is 24.3 Å². The molecule has 0 saturated carbocycles. The molecule has 0 bridgehead atoms. The van der Waals surface area contributed by atoms with Gasteiger partial charge >= 0.3 is 5.97 Å². The molecule has 2 aromatic rings. The van der Waals surface area contributed by atoms with Gasteiger partial charge in [-0.15, -0.1) is 6.42 Å². The number of benzene rings is 2.